The summed E-state index contributed by atoms with van der Waals surface area (Å²) in [6.45, 7) is 3.06. The van der Waals surface area contributed by atoms with Gasteiger partial charge in [-0.3, -0.25) is 4.79 Å². The van der Waals surface area contributed by atoms with Crippen LogP contribution in [0.3, 0.4) is 0 Å². The summed E-state index contributed by atoms with van der Waals surface area (Å²) >= 11 is 0. The van der Waals surface area contributed by atoms with Gasteiger partial charge >= 0.3 is 0 Å². The van der Waals surface area contributed by atoms with E-state index in [9.17, 15) is 4.79 Å². The molecule has 0 spiro atoms. The van der Waals surface area contributed by atoms with Gasteiger partial charge in [-0.05, 0) is 37.4 Å². The Bertz CT molecular complexity index is 448. The number of amides is 1. The van der Waals surface area contributed by atoms with Gasteiger partial charge in [0.15, 0.2) is 0 Å². The van der Waals surface area contributed by atoms with Gasteiger partial charge < -0.3 is 15.0 Å². The van der Waals surface area contributed by atoms with Crippen LogP contribution in [0.1, 0.15) is 19.8 Å². The molecule has 19 heavy (non-hydrogen) atoms. The molecule has 1 aliphatic heterocycles. The van der Waals surface area contributed by atoms with Crippen LogP contribution in [0.4, 0.5) is 5.69 Å². The number of methoxy groups -OCH3 is 1. The van der Waals surface area contributed by atoms with Crippen molar-refractivity contribution in [3.8, 4) is 5.75 Å². The first-order valence-corrected chi connectivity index (χ1v) is 6.78. The van der Waals surface area contributed by atoms with Crippen molar-refractivity contribution < 1.29 is 9.53 Å². The lowest BCUT2D eigenvalue weighted by Crippen LogP contribution is -2.51. The third-order valence-corrected chi connectivity index (χ3v) is 3.81. The summed E-state index contributed by atoms with van der Waals surface area (Å²) in [6, 6.07) is 7.50. The number of carbonyl (C=O) groups is 1. The highest BCUT2D eigenvalue weighted by Crippen LogP contribution is 2.23. The molecule has 1 heterocycles. The number of nitrogens with zero attached hydrogens (tertiary/aromatic N) is 1. The van der Waals surface area contributed by atoms with Crippen LogP contribution in [0.5, 0.6) is 5.75 Å². The molecule has 1 N–H and O–H groups in total. The van der Waals surface area contributed by atoms with Gasteiger partial charge in [0.2, 0.25) is 5.91 Å². The van der Waals surface area contributed by atoms with Crippen LogP contribution < -0.4 is 15.0 Å². The molecule has 2 rings (SSSR count). The van der Waals surface area contributed by atoms with Crippen molar-refractivity contribution in [1.29, 1.82) is 0 Å². The lowest BCUT2D eigenvalue weighted by Gasteiger charge is -2.32. The Hall–Kier alpha value is -1.55. The zero-order chi connectivity index (χ0) is 13.8. The standard InChI is InChI=1S/C15H22N2O2/c1-11-6-5-9-16-14(11)15(18)17(2)12-7-4-8-13(10-12)19-3/h4,7-8,10-11,14,16H,5-6,9H2,1-3H3. The second kappa shape index (κ2) is 6.06. The lowest BCUT2D eigenvalue weighted by molar-refractivity contribution is -0.121. The first-order valence-electron chi connectivity index (χ1n) is 6.78. The van der Waals surface area contributed by atoms with E-state index in [2.05, 4.69) is 12.2 Å². The molecule has 2 unspecified atom stereocenters. The molecule has 1 aromatic carbocycles. The summed E-state index contributed by atoms with van der Waals surface area (Å²) in [4.78, 5) is 14.2. The Labute approximate surface area is 114 Å². The number of likely N-dealkylation sites (N-methyl/N-ethyl adjacent to an activating group) is 1. The normalized spacial score (nSPS) is 22.9. The third-order valence-electron chi connectivity index (χ3n) is 3.81. The van der Waals surface area contributed by atoms with Gasteiger partial charge in [0.1, 0.15) is 5.75 Å². The molecule has 0 bridgehead atoms. The van der Waals surface area contributed by atoms with E-state index >= 15 is 0 Å². The fourth-order valence-electron chi connectivity index (χ4n) is 2.54. The molecule has 0 aliphatic carbocycles. The van der Waals surface area contributed by atoms with Gasteiger partial charge in [0.05, 0.1) is 13.2 Å². The van der Waals surface area contributed by atoms with E-state index < -0.39 is 0 Å². The quantitative estimate of drug-likeness (QED) is 0.906. The molecule has 1 amide bonds. The summed E-state index contributed by atoms with van der Waals surface area (Å²) in [7, 11) is 3.45. The Kier molecular flexibility index (Phi) is 4.43. The predicted octanol–water partition coefficient (Wildman–Crippen LogP) is 2.05. The van der Waals surface area contributed by atoms with Gasteiger partial charge in [0.25, 0.3) is 0 Å². The van der Waals surface area contributed by atoms with Crippen molar-refractivity contribution in [1.82, 2.24) is 5.32 Å². The van der Waals surface area contributed by atoms with Gasteiger partial charge in [-0.1, -0.05) is 13.0 Å². The molecule has 0 aromatic heterocycles. The lowest BCUT2D eigenvalue weighted by atomic mass is 9.92. The van der Waals surface area contributed by atoms with Crippen LogP contribution in [0.25, 0.3) is 0 Å². The largest absolute Gasteiger partial charge is 0.497 e. The number of rotatable bonds is 3. The minimum absolute atomic E-state index is 0.0787. The zero-order valence-corrected chi connectivity index (χ0v) is 11.8. The summed E-state index contributed by atoms with van der Waals surface area (Å²) < 4.78 is 5.20. The average Bonchev–Trinajstić information content (AvgIpc) is 2.46. The molecule has 1 fully saturated rings. The molecule has 1 aromatic rings. The van der Waals surface area contributed by atoms with Gasteiger partial charge in [0, 0.05) is 18.8 Å². The van der Waals surface area contributed by atoms with E-state index in [1.54, 1.807) is 12.0 Å². The molecule has 0 radical (unpaired) electrons. The molecule has 4 nitrogen and oxygen atoms in total. The zero-order valence-electron chi connectivity index (χ0n) is 11.8. The van der Waals surface area contributed by atoms with Crippen LogP contribution >= 0.6 is 0 Å². The number of nitrogens with one attached hydrogen (secondary N) is 1. The fraction of sp³-hybridized carbons (Fsp3) is 0.533. The molecule has 4 heteroatoms. The van der Waals surface area contributed by atoms with Crippen LogP contribution in [0.15, 0.2) is 24.3 Å². The number of hydrogen-bond acceptors (Lipinski definition) is 3. The van der Waals surface area contributed by atoms with Crippen molar-refractivity contribution >= 4 is 11.6 Å². The second-order valence-electron chi connectivity index (χ2n) is 5.15. The van der Waals surface area contributed by atoms with E-state index in [0.717, 1.165) is 30.8 Å². The fourth-order valence-corrected chi connectivity index (χ4v) is 2.54. The van der Waals surface area contributed by atoms with E-state index in [-0.39, 0.29) is 11.9 Å². The average molecular weight is 262 g/mol. The highest BCUT2D eigenvalue weighted by atomic mass is 16.5. The van der Waals surface area contributed by atoms with Crippen LogP contribution in [0.2, 0.25) is 0 Å². The molecule has 1 aliphatic rings. The number of benzene rings is 1. The monoisotopic (exact) mass is 262 g/mol. The van der Waals surface area contributed by atoms with Crippen molar-refractivity contribution in [2.45, 2.75) is 25.8 Å². The Morgan fingerprint density at radius 3 is 2.95 bits per heavy atom. The minimum atomic E-state index is -0.0787. The summed E-state index contributed by atoms with van der Waals surface area (Å²) in [6.07, 6.45) is 2.25. The summed E-state index contributed by atoms with van der Waals surface area (Å²) in [5.74, 6) is 1.27. The van der Waals surface area contributed by atoms with Crippen molar-refractivity contribution in [2.75, 3.05) is 25.6 Å². The van der Waals surface area contributed by atoms with Crippen LogP contribution in [-0.2, 0) is 4.79 Å². The predicted molar refractivity (Wildman–Crippen MR) is 76.6 cm³/mol. The molecule has 2 atom stereocenters. The Balaban J connectivity index is 2.13. The number of hydrogen-bond donors (Lipinski definition) is 1. The SMILES string of the molecule is COc1cccc(N(C)C(=O)C2NCCCC2C)c1. The van der Waals surface area contributed by atoms with Crippen LogP contribution in [0, 0.1) is 5.92 Å². The Morgan fingerprint density at radius 2 is 2.26 bits per heavy atom. The smallest absolute Gasteiger partial charge is 0.244 e. The number of piperidine rings is 1. The molecule has 1 saturated heterocycles. The van der Waals surface area contributed by atoms with Crippen LogP contribution in [-0.4, -0.2) is 32.7 Å². The van der Waals surface area contributed by atoms with Crippen molar-refractivity contribution in [3.05, 3.63) is 24.3 Å². The van der Waals surface area contributed by atoms with Gasteiger partial charge in [-0.15, -0.1) is 0 Å². The third kappa shape index (κ3) is 3.07. The number of ether oxygens (including phenoxy) is 1. The first-order chi connectivity index (χ1) is 9.13. The minimum Gasteiger partial charge on any atom is -0.497 e. The van der Waals surface area contributed by atoms with E-state index in [1.807, 2.05) is 31.3 Å². The molecular formula is C15H22N2O2. The van der Waals surface area contributed by atoms with E-state index in [0.29, 0.717) is 5.92 Å². The molecule has 104 valence electrons. The van der Waals surface area contributed by atoms with Gasteiger partial charge in [-0.2, -0.15) is 0 Å². The second-order valence-corrected chi connectivity index (χ2v) is 5.15. The van der Waals surface area contributed by atoms with Crippen molar-refractivity contribution in [3.63, 3.8) is 0 Å². The summed E-state index contributed by atoms with van der Waals surface area (Å²) in [5.41, 5.74) is 0.865. The first kappa shape index (κ1) is 13.9. The number of carbonyl (C=O) groups excluding carboxylic acids is 1. The van der Waals surface area contributed by atoms with E-state index in [4.69, 9.17) is 4.74 Å². The summed E-state index contributed by atoms with van der Waals surface area (Å²) in [5, 5.41) is 3.33. The van der Waals surface area contributed by atoms with Crippen molar-refractivity contribution in [2.24, 2.45) is 5.92 Å². The topological polar surface area (TPSA) is 41.6 Å². The highest BCUT2D eigenvalue weighted by Gasteiger charge is 2.30. The molecular weight excluding hydrogens is 240 g/mol. The maximum absolute atomic E-state index is 12.5. The maximum Gasteiger partial charge on any atom is 0.244 e. The Morgan fingerprint density at radius 1 is 1.47 bits per heavy atom. The molecule has 0 saturated carbocycles. The highest BCUT2D eigenvalue weighted by molar-refractivity contribution is 5.97. The van der Waals surface area contributed by atoms with E-state index in [1.165, 1.54) is 0 Å². The van der Waals surface area contributed by atoms with Gasteiger partial charge in [-0.25, -0.2) is 0 Å². The number of anilines is 1. The maximum atomic E-state index is 12.5.